The maximum absolute atomic E-state index is 12.2. The fourth-order valence-corrected chi connectivity index (χ4v) is 3.24. The molecule has 0 spiro atoms. The van der Waals surface area contributed by atoms with Crippen LogP contribution in [0.15, 0.2) is 30.3 Å². The van der Waals surface area contributed by atoms with Gasteiger partial charge in [0.25, 0.3) is 0 Å². The first kappa shape index (κ1) is 13.6. The predicted octanol–water partition coefficient (Wildman–Crippen LogP) is 3.91. The van der Waals surface area contributed by atoms with Crippen molar-refractivity contribution in [3.05, 3.63) is 35.9 Å². The van der Waals surface area contributed by atoms with Gasteiger partial charge in [-0.15, -0.1) is 0 Å². The van der Waals surface area contributed by atoms with Gasteiger partial charge in [0.05, 0.1) is 11.4 Å². The molecule has 0 radical (unpaired) electrons. The zero-order chi connectivity index (χ0) is 13.0. The summed E-state index contributed by atoms with van der Waals surface area (Å²) < 4.78 is 0. The first-order valence-corrected chi connectivity index (χ1v) is 7.82. The van der Waals surface area contributed by atoms with Crippen LogP contribution in [0, 0.1) is 0 Å². The molecule has 18 heavy (non-hydrogen) atoms. The van der Waals surface area contributed by atoms with Crippen LogP contribution in [-0.2, 0) is 4.79 Å². The van der Waals surface area contributed by atoms with Gasteiger partial charge >= 0.3 is 0 Å². The summed E-state index contributed by atoms with van der Waals surface area (Å²) in [7, 11) is 0. The molecule has 2 atom stereocenters. The molecule has 1 aliphatic heterocycles. The SMILES string of the molecule is CCC[C@@H]1CC[C@@H](c2ccccc2)N1C(=O)CBr. The summed E-state index contributed by atoms with van der Waals surface area (Å²) in [4.78, 5) is 14.3. The van der Waals surface area contributed by atoms with Crippen molar-refractivity contribution in [1.29, 1.82) is 0 Å². The molecule has 1 aromatic carbocycles. The number of likely N-dealkylation sites (tertiary alicyclic amines) is 1. The summed E-state index contributed by atoms with van der Waals surface area (Å²) in [5.74, 6) is 0.222. The minimum atomic E-state index is 0.222. The van der Waals surface area contributed by atoms with E-state index in [0.717, 1.165) is 25.7 Å². The van der Waals surface area contributed by atoms with E-state index in [9.17, 15) is 4.79 Å². The van der Waals surface area contributed by atoms with Crippen LogP contribution >= 0.6 is 15.9 Å². The highest BCUT2D eigenvalue weighted by molar-refractivity contribution is 9.09. The van der Waals surface area contributed by atoms with Gasteiger partial charge in [-0.05, 0) is 24.8 Å². The van der Waals surface area contributed by atoms with Crippen LogP contribution in [0.25, 0.3) is 0 Å². The normalized spacial score (nSPS) is 23.3. The third-order valence-electron chi connectivity index (χ3n) is 3.71. The molecule has 2 rings (SSSR count). The molecule has 1 aromatic rings. The Morgan fingerprint density at radius 3 is 2.67 bits per heavy atom. The van der Waals surface area contributed by atoms with Gasteiger partial charge in [0.15, 0.2) is 0 Å². The Morgan fingerprint density at radius 2 is 2.06 bits per heavy atom. The standard InChI is InChI=1S/C15H20BrNO/c1-2-6-13-9-10-14(17(13)15(18)11-16)12-7-4-3-5-8-12/h3-5,7-8,13-14H,2,6,9-11H2,1H3/t13-,14+/m1/s1. The summed E-state index contributed by atoms with van der Waals surface area (Å²) >= 11 is 3.31. The van der Waals surface area contributed by atoms with Gasteiger partial charge in [0.1, 0.15) is 0 Å². The molecule has 1 saturated heterocycles. The largest absolute Gasteiger partial charge is 0.332 e. The molecule has 1 fully saturated rings. The minimum absolute atomic E-state index is 0.222. The molecule has 0 bridgehead atoms. The molecule has 0 N–H and O–H groups in total. The van der Waals surface area contributed by atoms with Crippen LogP contribution in [0.4, 0.5) is 0 Å². The molecule has 1 aliphatic rings. The van der Waals surface area contributed by atoms with Crippen molar-refractivity contribution in [2.24, 2.45) is 0 Å². The molecule has 2 nitrogen and oxygen atoms in total. The molecule has 1 amide bonds. The number of carbonyl (C=O) groups is 1. The fraction of sp³-hybridized carbons (Fsp3) is 0.533. The van der Waals surface area contributed by atoms with Crippen molar-refractivity contribution in [1.82, 2.24) is 4.90 Å². The monoisotopic (exact) mass is 309 g/mol. The highest BCUT2D eigenvalue weighted by Crippen LogP contribution is 2.37. The van der Waals surface area contributed by atoms with Gasteiger partial charge in [-0.1, -0.05) is 59.6 Å². The number of nitrogens with zero attached hydrogens (tertiary/aromatic N) is 1. The summed E-state index contributed by atoms with van der Waals surface area (Å²) in [6.07, 6.45) is 4.47. The van der Waals surface area contributed by atoms with Gasteiger partial charge in [0.2, 0.25) is 5.91 Å². The first-order chi connectivity index (χ1) is 8.77. The summed E-state index contributed by atoms with van der Waals surface area (Å²) in [6, 6.07) is 11.1. The van der Waals surface area contributed by atoms with Crippen molar-refractivity contribution in [2.75, 3.05) is 5.33 Å². The van der Waals surface area contributed by atoms with Crippen LogP contribution in [0.2, 0.25) is 0 Å². The number of halogens is 1. The van der Waals surface area contributed by atoms with Gasteiger partial charge in [-0.25, -0.2) is 0 Å². The fourth-order valence-electron chi connectivity index (χ4n) is 2.95. The van der Waals surface area contributed by atoms with Crippen molar-refractivity contribution >= 4 is 21.8 Å². The Labute approximate surface area is 117 Å². The van der Waals surface area contributed by atoms with Crippen LogP contribution in [-0.4, -0.2) is 22.2 Å². The van der Waals surface area contributed by atoms with Gasteiger partial charge in [-0.3, -0.25) is 4.79 Å². The molecule has 0 aliphatic carbocycles. The van der Waals surface area contributed by atoms with Crippen LogP contribution in [0.1, 0.15) is 44.2 Å². The van der Waals surface area contributed by atoms with E-state index < -0.39 is 0 Å². The van der Waals surface area contributed by atoms with E-state index in [2.05, 4.69) is 52.0 Å². The Morgan fingerprint density at radius 1 is 1.33 bits per heavy atom. The molecule has 0 aromatic heterocycles. The van der Waals surface area contributed by atoms with Crippen molar-refractivity contribution < 1.29 is 4.79 Å². The van der Waals surface area contributed by atoms with Gasteiger partial charge < -0.3 is 4.90 Å². The predicted molar refractivity (Wildman–Crippen MR) is 77.8 cm³/mol. The number of carbonyl (C=O) groups excluding carboxylic acids is 1. The van der Waals surface area contributed by atoms with E-state index in [0.29, 0.717) is 11.4 Å². The van der Waals surface area contributed by atoms with E-state index in [1.807, 2.05) is 6.07 Å². The number of benzene rings is 1. The van der Waals surface area contributed by atoms with Crippen molar-refractivity contribution in [3.63, 3.8) is 0 Å². The third-order valence-corrected chi connectivity index (χ3v) is 4.19. The number of hydrogen-bond acceptors (Lipinski definition) is 1. The first-order valence-electron chi connectivity index (χ1n) is 6.70. The Bertz CT molecular complexity index is 393. The molecule has 0 saturated carbocycles. The maximum atomic E-state index is 12.2. The van der Waals surface area contributed by atoms with E-state index in [4.69, 9.17) is 0 Å². The zero-order valence-electron chi connectivity index (χ0n) is 10.8. The topological polar surface area (TPSA) is 20.3 Å². The van der Waals surface area contributed by atoms with E-state index >= 15 is 0 Å². The lowest BCUT2D eigenvalue weighted by Gasteiger charge is -2.30. The van der Waals surface area contributed by atoms with Crippen molar-refractivity contribution in [2.45, 2.75) is 44.7 Å². The van der Waals surface area contributed by atoms with Crippen molar-refractivity contribution in [3.8, 4) is 0 Å². The number of alkyl halides is 1. The zero-order valence-corrected chi connectivity index (χ0v) is 12.4. The van der Waals surface area contributed by atoms with Crippen LogP contribution in [0.5, 0.6) is 0 Å². The average molecular weight is 310 g/mol. The lowest BCUT2D eigenvalue weighted by molar-refractivity contribution is -0.131. The molecule has 1 heterocycles. The number of hydrogen-bond donors (Lipinski definition) is 0. The Balaban J connectivity index is 2.22. The summed E-state index contributed by atoms with van der Waals surface area (Å²) in [5, 5.41) is 0.427. The smallest absolute Gasteiger partial charge is 0.233 e. The highest BCUT2D eigenvalue weighted by Gasteiger charge is 2.36. The van der Waals surface area contributed by atoms with Crippen LogP contribution in [0.3, 0.4) is 0 Å². The third kappa shape index (κ3) is 2.77. The molecular formula is C15H20BrNO. The number of rotatable bonds is 4. The highest BCUT2D eigenvalue weighted by atomic mass is 79.9. The maximum Gasteiger partial charge on any atom is 0.233 e. The quantitative estimate of drug-likeness (QED) is 0.772. The van der Waals surface area contributed by atoms with Crippen LogP contribution < -0.4 is 0 Å². The second kappa shape index (κ2) is 6.37. The minimum Gasteiger partial charge on any atom is -0.332 e. The van der Waals surface area contributed by atoms with E-state index in [1.54, 1.807) is 0 Å². The summed E-state index contributed by atoms with van der Waals surface area (Å²) in [5.41, 5.74) is 1.27. The van der Waals surface area contributed by atoms with Gasteiger partial charge in [-0.2, -0.15) is 0 Å². The molecule has 0 unspecified atom stereocenters. The van der Waals surface area contributed by atoms with Gasteiger partial charge in [0, 0.05) is 6.04 Å². The lowest BCUT2D eigenvalue weighted by atomic mass is 10.0. The second-order valence-electron chi connectivity index (χ2n) is 4.88. The second-order valence-corrected chi connectivity index (χ2v) is 5.44. The number of amides is 1. The lowest BCUT2D eigenvalue weighted by Crippen LogP contribution is -2.38. The summed E-state index contributed by atoms with van der Waals surface area (Å²) in [6.45, 7) is 2.19. The van der Waals surface area contributed by atoms with E-state index in [-0.39, 0.29) is 11.9 Å². The molecule has 98 valence electrons. The Hall–Kier alpha value is -0.830. The molecular weight excluding hydrogens is 290 g/mol. The molecule has 3 heteroatoms. The Kier molecular flexibility index (Phi) is 4.81. The average Bonchev–Trinajstić information content (AvgIpc) is 2.83. The van der Waals surface area contributed by atoms with E-state index in [1.165, 1.54) is 5.56 Å².